The first-order chi connectivity index (χ1) is 15.7. The molecule has 3 aromatic rings. The van der Waals surface area contributed by atoms with Crippen LogP contribution in [0, 0.1) is 0 Å². The summed E-state index contributed by atoms with van der Waals surface area (Å²) in [6.07, 6.45) is 7.11. The molecule has 0 spiro atoms. The van der Waals surface area contributed by atoms with Gasteiger partial charge in [0.15, 0.2) is 0 Å². The van der Waals surface area contributed by atoms with E-state index in [2.05, 4.69) is 73.5 Å². The van der Waals surface area contributed by atoms with Crippen LogP contribution < -0.4 is 10.2 Å². The molecule has 1 aromatic carbocycles. The molecule has 1 aliphatic rings. The molecule has 8 heteroatoms. The summed E-state index contributed by atoms with van der Waals surface area (Å²) in [7, 11) is 0. The van der Waals surface area contributed by atoms with Gasteiger partial charge in [0.1, 0.15) is 0 Å². The lowest BCUT2D eigenvalue weighted by atomic mass is 10.0. The number of hydrogen-bond acceptors (Lipinski definition) is 5. The monoisotopic (exact) mass is 437 g/mol. The zero-order valence-electron chi connectivity index (χ0n) is 19.2. The first-order valence-electron chi connectivity index (χ1n) is 11.9. The first-order valence-corrected chi connectivity index (χ1v) is 11.9. The van der Waals surface area contributed by atoms with E-state index >= 15 is 0 Å². The van der Waals surface area contributed by atoms with Crippen LogP contribution >= 0.6 is 0 Å². The topological polar surface area (TPSA) is 92.9 Å². The maximum absolute atomic E-state index is 13.0. The van der Waals surface area contributed by atoms with Crippen molar-refractivity contribution in [3.63, 3.8) is 0 Å². The molecule has 32 heavy (non-hydrogen) atoms. The van der Waals surface area contributed by atoms with Crippen LogP contribution in [0.1, 0.15) is 55.7 Å². The normalized spacial score (nSPS) is 15.9. The Balaban J connectivity index is 1.39. The minimum Gasteiger partial charge on any atom is -0.361 e. The number of piperazine rings is 1. The van der Waals surface area contributed by atoms with Crippen molar-refractivity contribution in [1.82, 2.24) is 30.4 Å². The zero-order chi connectivity index (χ0) is 22.3. The molecule has 1 saturated heterocycles. The standard InChI is InChI=1S/C24H35N7O/c1-3-5-8-19(16-18-17-25-21-10-7-6-9-20(18)21)26-23(32)22-27-24(29-28-22)31-14-12-30(11-4-2)13-15-31/h6-7,9-10,17,19,25H,3-5,8,11-16H2,1-2H3,(H,26,32)(H,27,28,29). The lowest BCUT2D eigenvalue weighted by molar-refractivity contribution is 0.0924. The summed E-state index contributed by atoms with van der Waals surface area (Å²) >= 11 is 0. The minimum atomic E-state index is -0.186. The molecule has 1 fully saturated rings. The van der Waals surface area contributed by atoms with Gasteiger partial charge in [-0.3, -0.25) is 14.8 Å². The highest BCUT2D eigenvalue weighted by Gasteiger charge is 2.23. The van der Waals surface area contributed by atoms with Gasteiger partial charge in [-0.2, -0.15) is 4.98 Å². The van der Waals surface area contributed by atoms with E-state index < -0.39 is 0 Å². The maximum atomic E-state index is 13.0. The molecule has 0 saturated carbocycles. The van der Waals surface area contributed by atoms with Crippen LogP contribution in [0.25, 0.3) is 10.9 Å². The number of aromatic amines is 2. The number of para-hydroxylation sites is 1. The van der Waals surface area contributed by atoms with Gasteiger partial charge in [-0.1, -0.05) is 44.9 Å². The highest BCUT2D eigenvalue weighted by molar-refractivity contribution is 5.91. The highest BCUT2D eigenvalue weighted by Crippen LogP contribution is 2.20. The van der Waals surface area contributed by atoms with Crippen LogP contribution in [0.3, 0.4) is 0 Å². The van der Waals surface area contributed by atoms with Gasteiger partial charge in [0.05, 0.1) is 0 Å². The van der Waals surface area contributed by atoms with Crippen LogP contribution in [-0.4, -0.2) is 69.7 Å². The SMILES string of the molecule is CCCCC(Cc1c[nH]c2ccccc12)NC(=O)c1nc(N2CCN(CCC)CC2)n[nH]1. The molecule has 3 N–H and O–H groups in total. The van der Waals surface area contributed by atoms with Gasteiger partial charge < -0.3 is 15.2 Å². The van der Waals surface area contributed by atoms with E-state index in [4.69, 9.17) is 0 Å². The fraction of sp³-hybridized carbons (Fsp3) is 0.542. The number of nitrogens with zero attached hydrogens (tertiary/aromatic N) is 4. The van der Waals surface area contributed by atoms with Crippen LogP contribution in [0.15, 0.2) is 30.5 Å². The summed E-state index contributed by atoms with van der Waals surface area (Å²) in [5.41, 5.74) is 2.35. The van der Waals surface area contributed by atoms with E-state index in [1.807, 2.05) is 6.07 Å². The van der Waals surface area contributed by atoms with Crippen molar-refractivity contribution in [2.24, 2.45) is 0 Å². The summed E-state index contributed by atoms with van der Waals surface area (Å²) in [5.74, 6) is 0.721. The predicted molar refractivity (Wildman–Crippen MR) is 128 cm³/mol. The number of unbranched alkanes of at least 4 members (excludes halogenated alkanes) is 1. The molecular weight excluding hydrogens is 402 g/mol. The third-order valence-corrected chi connectivity index (χ3v) is 6.27. The number of rotatable bonds is 10. The fourth-order valence-electron chi connectivity index (χ4n) is 4.48. The Morgan fingerprint density at radius 2 is 1.97 bits per heavy atom. The Hall–Kier alpha value is -2.87. The van der Waals surface area contributed by atoms with Crippen molar-refractivity contribution in [3.05, 3.63) is 41.9 Å². The lowest BCUT2D eigenvalue weighted by Gasteiger charge is -2.33. The Morgan fingerprint density at radius 3 is 2.75 bits per heavy atom. The summed E-state index contributed by atoms with van der Waals surface area (Å²) in [6.45, 7) is 9.30. The largest absolute Gasteiger partial charge is 0.361 e. The van der Waals surface area contributed by atoms with Gasteiger partial charge in [-0.05, 0) is 37.4 Å². The van der Waals surface area contributed by atoms with E-state index in [1.54, 1.807) is 0 Å². The number of fused-ring (bicyclic) bond motifs is 1. The Bertz CT molecular complexity index is 1000. The number of aromatic nitrogens is 4. The van der Waals surface area contributed by atoms with E-state index in [1.165, 1.54) is 17.4 Å². The second-order valence-electron chi connectivity index (χ2n) is 8.69. The summed E-state index contributed by atoms with van der Waals surface area (Å²) in [6, 6.07) is 8.34. The van der Waals surface area contributed by atoms with Gasteiger partial charge >= 0.3 is 0 Å². The van der Waals surface area contributed by atoms with Crippen LogP contribution in [-0.2, 0) is 6.42 Å². The van der Waals surface area contributed by atoms with Crippen molar-refractivity contribution < 1.29 is 4.79 Å². The third kappa shape index (κ3) is 5.30. The number of benzene rings is 1. The molecule has 1 amide bonds. The molecule has 0 bridgehead atoms. The molecule has 0 aliphatic carbocycles. The highest BCUT2D eigenvalue weighted by atomic mass is 16.2. The van der Waals surface area contributed by atoms with Gasteiger partial charge in [-0.15, -0.1) is 5.10 Å². The van der Waals surface area contributed by atoms with E-state index in [0.717, 1.165) is 63.9 Å². The Labute approximate surface area is 189 Å². The number of hydrogen-bond donors (Lipinski definition) is 3. The molecule has 0 radical (unpaired) electrons. The zero-order valence-corrected chi connectivity index (χ0v) is 19.2. The number of carbonyl (C=O) groups is 1. The molecule has 1 unspecified atom stereocenters. The molecule has 172 valence electrons. The van der Waals surface area contributed by atoms with E-state index in [9.17, 15) is 4.79 Å². The number of nitrogens with one attached hydrogen (secondary N) is 3. The average molecular weight is 438 g/mol. The second-order valence-corrected chi connectivity index (χ2v) is 8.69. The van der Waals surface area contributed by atoms with Crippen LogP contribution in [0.2, 0.25) is 0 Å². The molecule has 1 aliphatic heterocycles. The van der Waals surface area contributed by atoms with Gasteiger partial charge in [0.2, 0.25) is 11.8 Å². The predicted octanol–water partition coefficient (Wildman–Crippen LogP) is 3.35. The smallest absolute Gasteiger partial charge is 0.288 e. The fourth-order valence-corrected chi connectivity index (χ4v) is 4.48. The quantitative estimate of drug-likeness (QED) is 0.452. The molecule has 1 atom stereocenters. The number of H-pyrrole nitrogens is 2. The maximum Gasteiger partial charge on any atom is 0.288 e. The number of amides is 1. The van der Waals surface area contributed by atoms with Crippen molar-refractivity contribution in [2.75, 3.05) is 37.6 Å². The van der Waals surface area contributed by atoms with Gasteiger partial charge in [0, 0.05) is 49.3 Å². The first kappa shape index (κ1) is 22.3. The Kier molecular flexibility index (Phi) is 7.42. The molecule has 2 aromatic heterocycles. The molecule has 3 heterocycles. The van der Waals surface area contributed by atoms with Crippen molar-refractivity contribution in [2.45, 2.75) is 52.0 Å². The average Bonchev–Trinajstić information content (AvgIpc) is 3.46. The second kappa shape index (κ2) is 10.6. The van der Waals surface area contributed by atoms with Crippen LogP contribution in [0.4, 0.5) is 5.95 Å². The van der Waals surface area contributed by atoms with Crippen molar-refractivity contribution in [1.29, 1.82) is 0 Å². The Morgan fingerprint density at radius 1 is 1.16 bits per heavy atom. The van der Waals surface area contributed by atoms with Crippen molar-refractivity contribution in [3.8, 4) is 0 Å². The summed E-state index contributed by atoms with van der Waals surface area (Å²) in [5, 5.41) is 11.6. The molecule has 8 nitrogen and oxygen atoms in total. The summed E-state index contributed by atoms with van der Waals surface area (Å²) < 4.78 is 0. The molecule has 4 rings (SSSR count). The molecular formula is C24H35N7O. The van der Waals surface area contributed by atoms with Crippen molar-refractivity contribution >= 4 is 22.8 Å². The van der Waals surface area contributed by atoms with E-state index in [0.29, 0.717) is 5.95 Å². The van der Waals surface area contributed by atoms with Crippen LogP contribution in [0.5, 0.6) is 0 Å². The number of anilines is 1. The lowest BCUT2D eigenvalue weighted by Crippen LogP contribution is -2.47. The number of carbonyl (C=O) groups excluding carboxylic acids is 1. The summed E-state index contributed by atoms with van der Waals surface area (Å²) in [4.78, 5) is 25.4. The van der Waals surface area contributed by atoms with Gasteiger partial charge in [-0.25, -0.2) is 0 Å². The minimum absolute atomic E-state index is 0.0489. The van der Waals surface area contributed by atoms with Gasteiger partial charge in [0.25, 0.3) is 5.91 Å². The van der Waals surface area contributed by atoms with E-state index in [-0.39, 0.29) is 17.8 Å². The third-order valence-electron chi connectivity index (χ3n) is 6.27.